The standard InChI is InChI=1S/C17H26N2O/c1-17(2,3)18-11-9-16(20)19-12-10-15(13-19)14-7-5-4-6-8-14/h4-8,15,18H,9-13H2,1-3H3. The van der Waals surface area contributed by atoms with Crippen LogP contribution in [0.25, 0.3) is 0 Å². The van der Waals surface area contributed by atoms with E-state index in [1.807, 2.05) is 11.0 Å². The average Bonchev–Trinajstić information content (AvgIpc) is 2.88. The summed E-state index contributed by atoms with van der Waals surface area (Å²) in [5.74, 6) is 0.788. The molecule has 0 spiro atoms. The van der Waals surface area contributed by atoms with Crippen LogP contribution in [0.3, 0.4) is 0 Å². The molecule has 110 valence electrons. The maximum Gasteiger partial charge on any atom is 0.223 e. The zero-order valence-electron chi connectivity index (χ0n) is 12.9. The number of nitrogens with one attached hydrogen (secondary N) is 1. The predicted molar refractivity (Wildman–Crippen MR) is 82.8 cm³/mol. The van der Waals surface area contributed by atoms with Crippen molar-refractivity contribution in [3.8, 4) is 0 Å². The van der Waals surface area contributed by atoms with Crippen molar-refractivity contribution in [1.29, 1.82) is 0 Å². The molecule has 0 aliphatic carbocycles. The van der Waals surface area contributed by atoms with E-state index in [4.69, 9.17) is 0 Å². The Bertz CT molecular complexity index is 436. The fourth-order valence-electron chi connectivity index (χ4n) is 2.69. The number of nitrogens with zero attached hydrogens (tertiary/aromatic N) is 1. The molecule has 1 saturated heterocycles. The third-order valence-electron chi connectivity index (χ3n) is 3.81. The monoisotopic (exact) mass is 274 g/mol. The molecule has 1 N–H and O–H groups in total. The van der Waals surface area contributed by atoms with Gasteiger partial charge in [0.15, 0.2) is 0 Å². The third-order valence-corrected chi connectivity index (χ3v) is 3.81. The normalized spacial score (nSPS) is 19.4. The van der Waals surface area contributed by atoms with Crippen molar-refractivity contribution in [2.24, 2.45) is 0 Å². The van der Waals surface area contributed by atoms with Crippen molar-refractivity contribution in [1.82, 2.24) is 10.2 Å². The molecule has 1 atom stereocenters. The van der Waals surface area contributed by atoms with E-state index in [-0.39, 0.29) is 11.4 Å². The van der Waals surface area contributed by atoms with E-state index in [2.05, 4.69) is 50.4 Å². The van der Waals surface area contributed by atoms with Gasteiger partial charge in [0.25, 0.3) is 0 Å². The van der Waals surface area contributed by atoms with Gasteiger partial charge in [0, 0.05) is 37.5 Å². The van der Waals surface area contributed by atoms with Gasteiger partial charge in [-0.3, -0.25) is 4.79 Å². The fourth-order valence-corrected chi connectivity index (χ4v) is 2.69. The minimum atomic E-state index is 0.0812. The second-order valence-electron chi connectivity index (χ2n) is 6.66. The summed E-state index contributed by atoms with van der Waals surface area (Å²) < 4.78 is 0. The number of carbonyl (C=O) groups is 1. The van der Waals surface area contributed by atoms with Gasteiger partial charge in [-0.25, -0.2) is 0 Å². The van der Waals surface area contributed by atoms with Gasteiger partial charge < -0.3 is 10.2 Å². The number of rotatable bonds is 4. The van der Waals surface area contributed by atoms with Crippen molar-refractivity contribution in [3.63, 3.8) is 0 Å². The molecule has 0 aromatic heterocycles. The summed E-state index contributed by atoms with van der Waals surface area (Å²) in [4.78, 5) is 14.2. The van der Waals surface area contributed by atoms with Crippen molar-refractivity contribution in [3.05, 3.63) is 35.9 Å². The van der Waals surface area contributed by atoms with Gasteiger partial charge in [-0.05, 0) is 32.8 Å². The minimum absolute atomic E-state index is 0.0812. The van der Waals surface area contributed by atoms with Gasteiger partial charge in [0.05, 0.1) is 0 Å². The van der Waals surface area contributed by atoms with Crippen LogP contribution in [0.1, 0.15) is 45.1 Å². The number of hydrogen-bond donors (Lipinski definition) is 1. The van der Waals surface area contributed by atoms with E-state index in [0.717, 1.165) is 26.1 Å². The molecule has 1 aromatic rings. The smallest absolute Gasteiger partial charge is 0.223 e. The summed E-state index contributed by atoms with van der Waals surface area (Å²) in [5.41, 5.74) is 1.44. The molecule has 1 unspecified atom stereocenters. The lowest BCUT2D eigenvalue weighted by atomic mass is 9.99. The fraction of sp³-hybridized carbons (Fsp3) is 0.588. The first-order valence-electron chi connectivity index (χ1n) is 7.53. The van der Waals surface area contributed by atoms with Gasteiger partial charge in [-0.2, -0.15) is 0 Å². The van der Waals surface area contributed by atoms with Crippen LogP contribution in [-0.4, -0.2) is 36.0 Å². The van der Waals surface area contributed by atoms with Crippen LogP contribution >= 0.6 is 0 Å². The van der Waals surface area contributed by atoms with Gasteiger partial charge in [0.1, 0.15) is 0 Å². The van der Waals surface area contributed by atoms with E-state index in [9.17, 15) is 4.79 Å². The molecule has 0 bridgehead atoms. The van der Waals surface area contributed by atoms with Crippen LogP contribution in [0.2, 0.25) is 0 Å². The predicted octanol–water partition coefficient (Wildman–Crippen LogP) is 2.78. The first-order chi connectivity index (χ1) is 9.46. The molecule has 1 heterocycles. The highest BCUT2D eigenvalue weighted by Gasteiger charge is 2.26. The van der Waals surface area contributed by atoms with E-state index >= 15 is 0 Å². The second kappa shape index (κ2) is 6.40. The molecule has 0 saturated carbocycles. The highest BCUT2D eigenvalue weighted by molar-refractivity contribution is 5.76. The second-order valence-corrected chi connectivity index (χ2v) is 6.66. The average molecular weight is 274 g/mol. The van der Waals surface area contributed by atoms with E-state index < -0.39 is 0 Å². The highest BCUT2D eigenvalue weighted by atomic mass is 16.2. The zero-order chi connectivity index (χ0) is 14.6. The van der Waals surface area contributed by atoms with Crippen LogP contribution in [0.15, 0.2) is 30.3 Å². The lowest BCUT2D eigenvalue weighted by Gasteiger charge is -2.22. The molecule has 3 heteroatoms. The summed E-state index contributed by atoms with van der Waals surface area (Å²) in [6.07, 6.45) is 1.68. The quantitative estimate of drug-likeness (QED) is 0.915. The van der Waals surface area contributed by atoms with Crippen LogP contribution < -0.4 is 5.32 Å². The number of amides is 1. The number of benzene rings is 1. The van der Waals surface area contributed by atoms with Crippen LogP contribution in [0.4, 0.5) is 0 Å². The summed E-state index contributed by atoms with van der Waals surface area (Å²) >= 11 is 0. The molecule has 3 nitrogen and oxygen atoms in total. The number of likely N-dealkylation sites (tertiary alicyclic amines) is 1. The van der Waals surface area contributed by atoms with Crippen molar-refractivity contribution < 1.29 is 4.79 Å². The molecule has 1 fully saturated rings. The first kappa shape index (κ1) is 15.0. The Kier molecular flexibility index (Phi) is 4.81. The lowest BCUT2D eigenvalue weighted by molar-refractivity contribution is -0.130. The molecule has 20 heavy (non-hydrogen) atoms. The third kappa shape index (κ3) is 4.34. The van der Waals surface area contributed by atoms with Crippen LogP contribution in [0.5, 0.6) is 0 Å². The van der Waals surface area contributed by atoms with Gasteiger partial charge in [0.2, 0.25) is 5.91 Å². The van der Waals surface area contributed by atoms with Gasteiger partial charge >= 0.3 is 0 Å². The maximum absolute atomic E-state index is 12.2. The molecule has 0 radical (unpaired) electrons. The Balaban J connectivity index is 1.79. The topological polar surface area (TPSA) is 32.3 Å². The van der Waals surface area contributed by atoms with Crippen LogP contribution in [-0.2, 0) is 4.79 Å². The minimum Gasteiger partial charge on any atom is -0.342 e. The highest BCUT2D eigenvalue weighted by Crippen LogP contribution is 2.27. The molecule has 1 aliphatic heterocycles. The van der Waals surface area contributed by atoms with Crippen molar-refractivity contribution in [2.75, 3.05) is 19.6 Å². The Morgan fingerprint density at radius 3 is 2.65 bits per heavy atom. The largest absolute Gasteiger partial charge is 0.342 e. The zero-order valence-corrected chi connectivity index (χ0v) is 12.9. The summed E-state index contributed by atoms with van der Waals surface area (Å²) in [5, 5.41) is 3.37. The molecule has 1 aliphatic rings. The van der Waals surface area contributed by atoms with Crippen molar-refractivity contribution >= 4 is 5.91 Å². The number of carbonyl (C=O) groups excluding carboxylic acids is 1. The summed E-state index contributed by atoms with van der Waals surface area (Å²) in [6.45, 7) is 8.90. The summed E-state index contributed by atoms with van der Waals surface area (Å²) in [7, 11) is 0. The van der Waals surface area contributed by atoms with Crippen LogP contribution in [0, 0.1) is 0 Å². The SMILES string of the molecule is CC(C)(C)NCCC(=O)N1CCC(c2ccccc2)C1. The Morgan fingerprint density at radius 2 is 2.00 bits per heavy atom. The molecule has 1 aromatic carbocycles. The maximum atomic E-state index is 12.2. The molecule has 1 amide bonds. The first-order valence-corrected chi connectivity index (χ1v) is 7.53. The Morgan fingerprint density at radius 1 is 1.30 bits per heavy atom. The van der Waals surface area contributed by atoms with Gasteiger partial charge in [-0.15, -0.1) is 0 Å². The molecule has 2 rings (SSSR count). The summed E-state index contributed by atoms with van der Waals surface area (Å²) in [6, 6.07) is 10.5. The molecular weight excluding hydrogens is 248 g/mol. The van der Waals surface area contributed by atoms with Crippen molar-refractivity contribution in [2.45, 2.75) is 45.1 Å². The van der Waals surface area contributed by atoms with E-state index in [1.165, 1.54) is 5.56 Å². The lowest BCUT2D eigenvalue weighted by Crippen LogP contribution is -2.39. The Hall–Kier alpha value is -1.35. The Labute approximate surface area is 122 Å². The van der Waals surface area contributed by atoms with E-state index in [1.54, 1.807) is 0 Å². The van der Waals surface area contributed by atoms with E-state index in [0.29, 0.717) is 12.3 Å². The number of hydrogen-bond acceptors (Lipinski definition) is 2. The van der Waals surface area contributed by atoms with Gasteiger partial charge in [-0.1, -0.05) is 30.3 Å². The molecular formula is C17H26N2O.